The maximum Gasteiger partial charge on any atom is 0.318 e. The van der Waals surface area contributed by atoms with Crippen LogP contribution in [-0.4, -0.2) is 65.9 Å². The molecule has 0 spiro atoms. The number of hydrogen-bond donors (Lipinski definition) is 1. The molecule has 2 fully saturated rings. The number of aryl methyl sites for hydroxylation is 1. The Kier molecular flexibility index (Phi) is 6.91. The highest BCUT2D eigenvalue weighted by Gasteiger charge is 2.52. The largest absolute Gasteiger partial charge is 0.497 e. The van der Waals surface area contributed by atoms with E-state index in [1.165, 1.54) is 6.42 Å². The number of methoxy groups -OCH3 is 1. The van der Waals surface area contributed by atoms with Crippen molar-refractivity contribution >= 4 is 18.4 Å². The van der Waals surface area contributed by atoms with Crippen molar-refractivity contribution in [1.82, 2.24) is 15.1 Å². The van der Waals surface area contributed by atoms with Crippen LogP contribution in [0.1, 0.15) is 30.7 Å². The molecule has 2 aliphatic rings. The predicted molar refractivity (Wildman–Crippen MR) is 110 cm³/mol. The van der Waals surface area contributed by atoms with E-state index >= 15 is 0 Å². The van der Waals surface area contributed by atoms with Gasteiger partial charge >= 0.3 is 6.01 Å². The summed E-state index contributed by atoms with van der Waals surface area (Å²) in [5.41, 5.74) is 0.660. The van der Waals surface area contributed by atoms with Gasteiger partial charge in [-0.2, -0.15) is 0 Å². The van der Waals surface area contributed by atoms with Gasteiger partial charge in [0.25, 0.3) is 6.47 Å². The molecule has 1 N–H and O–H groups in total. The maximum atomic E-state index is 13.4. The van der Waals surface area contributed by atoms with Crippen LogP contribution in [0.25, 0.3) is 0 Å². The minimum absolute atomic E-state index is 0.248. The second-order valence-electron chi connectivity index (χ2n) is 7.73. The van der Waals surface area contributed by atoms with E-state index in [0.29, 0.717) is 31.4 Å². The van der Waals surface area contributed by atoms with Crippen molar-refractivity contribution in [2.45, 2.75) is 32.6 Å². The SMILES string of the molecule is COc1cccc(CC2(C(=O)N3CCCCC3)CN(c3nnc(C)o3)C2)c1.O=CO. The minimum atomic E-state index is -0.452. The summed E-state index contributed by atoms with van der Waals surface area (Å²) in [6, 6.07) is 8.49. The van der Waals surface area contributed by atoms with E-state index in [2.05, 4.69) is 16.3 Å². The van der Waals surface area contributed by atoms with E-state index in [1.54, 1.807) is 14.0 Å². The first kappa shape index (κ1) is 21.6. The Labute approximate surface area is 175 Å². The van der Waals surface area contributed by atoms with Gasteiger partial charge < -0.3 is 24.1 Å². The molecule has 2 saturated heterocycles. The summed E-state index contributed by atoms with van der Waals surface area (Å²) in [4.78, 5) is 25.8. The predicted octanol–water partition coefficient (Wildman–Crippen LogP) is 2.15. The van der Waals surface area contributed by atoms with Crippen molar-refractivity contribution in [3.05, 3.63) is 35.7 Å². The van der Waals surface area contributed by atoms with Gasteiger partial charge in [0.1, 0.15) is 5.75 Å². The number of carbonyl (C=O) groups is 2. The van der Waals surface area contributed by atoms with E-state index < -0.39 is 5.41 Å². The Balaban J connectivity index is 0.000000806. The number of carboxylic acid groups (broad SMARTS) is 1. The standard InChI is InChI=1S/C20H26N4O3.CH2O2/c1-15-21-22-19(27-15)24-13-20(14-24,18(25)23-9-4-3-5-10-23)12-16-7-6-8-17(11-16)26-2;2-1-3/h6-8,11H,3-5,9-10,12-14H2,1-2H3;1H,(H,2,3). The Morgan fingerprint density at radius 2 is 1.97 bits per heavy atom. The van der Waals surface area contributed by atoms with Gasteiger partial charge in [0.05, 0.1) is 12.5 Å². The van der Waals surface area contributed by atoms with Crippen molar-refractivity contribution < 1.29 is 23.8 Å². The zero-order valence-corrected chi connectivity index (χ0v) is 17.4. The lowest BCUT2D eigenvalue weighted by molar-refractivity contribution is -0.145. The average Bonchev–Trinajstić information content (AvgIpc) is 3.17. The molecule has 0 atom stereocenters. The first-order chi connectivity index (χ1) is 14.5. The second-order valence-corrected chi connectivity index (χ2v) is 7.73. The summed E-state index contributed by atoms with van der Waals surface area (Å²) in [7, 11) is 1.66. The summed E-state index contributed by atoms with van der Waals surface area (Å²) in [6.07, 6.45) is 4.07. The molecular formula is C21H28N4O5. The van der Waals surface area contributed by atoms with Crippen LogP contribution in [0.4, 0.5) is 6.01 Å². The Morgan fingerprint density at radius 3 is 2.57 bits per heavy atom. The molecule has 162 valence electrons. The third-order valence-electron chi connectivity index (χ3n) is 5.55. The van der Waals surface area contributed by atoms with Crippen LogP contribution in [0.15, 0.2) is 28.7 Å². The molecule has 4 rings (SSSR count). The summed E-state index contributed by atoms with van der Waals surface area (Å²) in [5, 5.41) is 14.9. The zero-order valence-electron chi connectivity index (χ0n) is 17.4. The second kappa shape index (κ2) is 9.60. The van der Waals surface area contributed by atoms with Gasteiger partial charge in [0.15, 0.2) is 0 Å². The van der Waals surface area contributed by atoms with Crippen LogP contribution in [-0.2, 0) is 16.0 Å². The molecule has 0 radical (unpaired) electrons. The number of amides is 1. The molecule has 0 bridgehead atoms. The number of ether oxygens (including phenoxy) is 1. The maximum absolute atomic E-state index is 13.4. The smallest absolute Gasteiger partial charge is 0.318 e. The molecule has 1 aromatic carbocycles. The van der Waals surface area contributed by atoms with E-state index in [1.807, 2.05) is 28.0 Å². The molecule has 0 saturated carbocycles. The van der Waals surface area contributed by atoms with Crippen LogP contribution in [0, 0.1) is 12.3 Å². The first-order valence-corrected chi connectivity index (χ1v) is 10.1. The molecule has 1 amide bonds. The van der Waals surface area contributed by atoms with Gasteiger partial charge in [0, 0.05) is 33.1 Å². The molecule has 0 aliphatic carbocycles. The topological polar surface area (TPSA) is 109 Å². The molecular weight excluding hydrogens is 388 g/mol. The molecule has 30 heavy (non-hydrogen) atoms. The molecule has 0 unspecified atom stereocenters. The highest BCUT2D eigenvalue weighted by atomic mass is 16.5. The number of nitrogens with zero attached hydrogens (tertiary/aromatic N) is 4. The quantitative estimate of drug-likeness (QED) is 0.739. The van der Waals surface area contributed by atoms with E-state index in [0.717, 1.165) is 37.2 Å². The molecule has 2 aliphatic heterocycles. The normalized spacial score (nSPS) is 17.4. The summed E-state index contributed by atoms with van der Waals surface area (Å²) < 4.78 is 10.9. The van der Waals surface area contributed by atoms with Crippen molar-refractivity contribution in [3.8, 4) is 5.75 Å². The monoisotopic (exact) mass is 416 g/mol. The van der Waals surface area contributed by atoms with Crippen molar-refractivity contribution in [1.29, 1.82) is 0 Å². The zero-order chi connectivity index (χ0) is 21.6. The fraction of sp³-hybridized carbons (Fsp3) is 0.524. The fourth-order valence-electron chi connectivity index (χ4n) is 4.16. The first-order valence-electron chi connectivity index (χ1n) is 10.1. The highest BCUT2D eigenvalue weighted by molar-refractivity contribution is 5.86. The number of rotatable bonds is 5. The van der Waals surface area contributed by atoms with E-state index in [9.17, 15) is 4.79 Å². The number of piperidine rings is 1. The highest BCUT2D eigenvalue weighted by Crippen LogP contribution is 2.39. The Hall–Kier alpha value is -3.10. The van der Waals surface area contributed by atoms with Gasteiger partial charge in [-0.3, -0.25) is 9.59 Å². The Morgan fingerprint density at radius 1 is 1.27 bits per heavy atom. The molecule has 9 heteroatoms. The minimum Gasteiger partial charge on any atom is -0.497 e. The van der Waals surface area contributed by atoms with Gasteiger partial charge in [-0.15, -0.1) is 5.10 Å². The number of hydrogen-bond acceptors (Lipinski definition) is 7. The molecule has 2 aromatic rings. The lowest BCUT2D eigenvalue weighted by Gasteiger charge is -2.50. The number of aromatic nitrogens is 2. The number of carbonyl (C=O) groups excluding carboxylic acids is 1. The summed E-state index contributed by atoms with van der Waals surface area (Å²) in [5.74, 6) is 1.60. The van der Waals surface area contributed by atoms with Crippen LogP contribution >= 0.6 is 0 Å². The van der Waals surface area contributed by atoms with Crippen molar-refractivity contribution in [2.75, 3.05) is 38.2 Å². The average molecular weight is 416 g/mol. The molecule has 3 heterocycles. The summed E-state index contributed by atoms with van der Waals surface area (Å²) >= 11 is 0. The number of anilines is 1. The third-order valence-corrected chi connectivity index (χ3v) is 5.55. The lowest BCUT2D eigenvalue weighted by Crippen LogP contribution is -2.65. The number of likely N-dealkylation sites (tertiary alicyclic amines) is 1. The van der Waals surface area contributed by atoms with Crippen LogP contribution < -0.4 is 9.64 Å². The van der Waals surface area contributed by atoms with Crippen LogP contribution in [0.3, 0.4) is 0 Å². The number of benzene rings is 1. The van der Waals surface area contributed by atoms with Gasteiger partial charge in [-0.25, -0.2) is 0 Å². The lowest BCUT2D eigenvalue weighted by atomic mass is 9.73. The van der Waals surface area contributed by atoms with Gasteiger partial charge in [-0.05, 0) is 43.4 Å². The van der Waals surface area contributed by atoms with Gasteiger partial charge in [-0.1, -0.05) is 17.2 Å². The van der Waals surface area contributed by atoms with Crippen LogP contribution in [0.5, 0.6) is 5.75 Å². The van der Waals surface area contributed by atoms with Crippen LogP contribution in [0.2, 0.25) is 0 Å². The molecule has 9 nitrogen and oxygen atoms in total. The Bertz CT molecular complexity index is 857. The van der Waals surface area contributed by atoms with E-state index in [-0.39, 0.29) is 12.4 Å². The fourth-order valence-corrected chi connectivity index (χ4v) is 4.16. The summed E-state index contributed by atoms with van der Waals surface area (Å²) in [6.45, 7) is 4.44. The van der Waals surface area contributed by atoms with Gasteiger partial charge in [0.2, 0.25) is 11.8 Å². The van der Waals surface area contributed by atoms with Crippen molar-refractivity contribution in [3.63, 3.8) is 0 Å². The third kappa shape index (κ3) is 4.72. The van der Waals surface area contributed by atoms with Crippen molar-refractivity contribution in [2.24, 2.45) is 5.41 Å². The van der Waals surface area contributed by atoms with E-state index in [4.69, 9.17) is 19.1 Å². The molecule has 1 aromatic heterocycles.